The van der Waals surface area contributed by atoms with E-state index in [4.69, 9.17) is 10.8 Å². The fraction of sp³-hybridized carbons (Fsp3) is 0.889. The number of allylic oxidation sites excluding steroid dienone is 1. The molecule has 1 atom stereocenters. The molecule has 0 saturated heterocycles. The first-order valence-electron chi connectivity index (χ1n) is 8.82. The zero-order valence-electron chi connectivity index (χ0n) is 13.7. The van der Waals surface area contributed by atoms with Crippen LogP contribution >= 0.6 is 0 Å². The summed E-state index contributed by atoms with van der Waals surface area (Å²) in [4.78, 5) is 0. The van der Waals surface area contributed by atoms with Crippen LogP contribution in [0.3, 0.4) is 0 Å². The van der Waals surface area contributed by atoms with E-state index in [0.29, 0.717) is 0 Å². The Morgan fingerprint density at radius 3 is 1.80 bits per heavy atom. The van der Waals surface area contributed by atoms with Gasteiger partial charge in [0.25, 0.3) is 0 Å². The van der Waals surface area contributed by atoms with Gasteiger partial charge >= 0.3 is 0 Å². The molecular weight excluding hydrogens is 246 g/mol. The van der Waals surface area contributed by atoms with Crippen LogP contribution in [0.15, 0.2) is 12.2 Å². The summed E-state index contributed by atoms with van der Waals surface area (Å²) in [5.74, 6) is 0. The second-order valence-electron chi connectivity index (χ2n) is 5.97. The number of aliphatic hydroxyl groups is 1. The fourth-order valence-electron chi connectivity index (χ4n) is 2.39. The van der Waals surface area contributed by atoms with Crippen molar-refractivity contribution in [3.8, 4) is 0 Å². The average Bonchev–Trinajstić information content (AvgIpc) is 2.47. The molecule has 2 heteroatoms. The van der Waals surface area contributed by atoms with Crippen LogP contribution in [0.2, 0.25) is 0 Å². The van der Waals surface area contributed by atoms with Crippen molar-refractivity contribution in [2.24, 2.45) is 5.73 Å². The van der Waals surface area contributed by atoms with E-state index in [0.717, 1.165) is 12.8 Å². The highest BCUT2D eigenvalue weighted by Gasteiger charge is 1.95. The SMILES string of the molecule is CCCCCCCCCCCCCC=CCC(N)CO. The largest absolute Gasteiger partial charge is 0.395 e. The standard InChI is InChI=1S/C18H37NO/c1-2-3-4-5-6-7-8-9-10-11-12-13-14-15-16-18(19)17-20/h14-15,18,20H,2-13,16-17,19H2,1H3. The first-order valence-corrected chi connectivity index (χ1v) is 8.82. The van der Waals surface area contributed by atoms with E-state index in [1.54, 1.807) is 0 Å². The summed E-state index contributed by atoms with van der Waals surface area (Å²) in [7, 11) is 0. The number of unbranched alkanes of at least 4 members (excludes halogenated alkanes) is 11. The second-order valence-corrected chi connectivity index (χ2v) is 5.97. The van der Waals surface area contributed by atoms with Gasteiger partial charge in [-0.15, -0.1) is 0 Å². The molecule has 0 aromatic heterocycles. The number of aliphatic hydroxyl groups excluding tert-OH is 1. The van der Waals surface area contributed by atoms with Crippen LogP contribution in [0.1, 0.15) is 90.4 Å². The molecule has 1 unspecified atom stereocenters. The van der Waals surface area contributed by atoms with E-state index >= 15 is 0 Å². The number of hydrogen-bond donors (Lipinski definition) is 2. The molecule has 0 amide bonds. The highest BCUT2D eigenvalue weighted by molar-refractivity contribution is 4.85. The van der Waals surface area contributed by atoms with Crippen molar-refractivity contribution in [1.29, 1.82) is 0 Å². The van der Waals surface area contributed by atoms with Gasteiger partial charge in [-0.25, -0.2) is 0 Å². The van der Waals surface area contributed by atoms with Crippen molar-refractivity contribution in [2.75, 3.05) is 6.61 Å². The highest BCUT2D eigenvalue weighted by Crippen LogP contribution is 2.12. The lowest BCUT2D eigenvalue weighted by Gasteiger charge is -2.03. The molecule has 0 radical (unpaired) electrons. The maximum Gasteiger partial charge on any atom is 0.0585 e. The van der Waals surface area contributed by atoms with E-state index < -0.39 is 0 Å². The van der Waals surface area contributed by atoms with Gasteiger partial charge in [-0.3, -0.25) is 0 Å². The summed E-state index contributed by atoms with van der Waals surface area (Å²) in [5.41, 5.74) is 5.62. The second kappa shape index (κ2) is 16.7. The molecular formula is C18H37NO. The van der Waals surface area contributed by atoms with Crippen molar-refractivity contribution >= 4 is 0 Å². The molecule has 0 aromatic carbocycles. The van der Waals surface area contributed by atoms with E-state index in [-0.39, 0.29) is 12.6 Å². The van der Waals surface area contributed by atoms with Crippen LogP contribution in [-0.2, 0) is 0 Å². The number of hydrogen-bond acceptors (Lipinski definition) is 2. The van der Waals surface area contributed by atoms with Crippen molar-refractivity contribution in [2.45, 2.75) is 96.4 Å². The lowest BCUT2D eigenvalue weighted by atomic mass is 10.1. The molecule has 0 spiro atoms. The zero-order chi connectivity index (χ0) is 14.9. The Hall–Kier alpha value is -0.340. The summed E-state index contributed by atoms with van der Waals surface area (Å²) in [5, 5.41) is 8.78. The molecule has 20 heavy (non-hydrogen) atoms. The first kappa shape index (κ1) is 19.7. The summed E-state index contributed by atoms with van der Waals surface area (Å²) >= 11 is 0. The van der Waals surface area contributed by atoms with E-state index in [1.165, 1.54) is 70.6 Å². The smallest absolute Gasteiger partial charge is 0.0585 e. The monoisotopic (exact) mass is 283 g/mol. The van der Waals surface area contributed by atoms with Gasteiger partial charge in [-0.1, -0.05) is 83.3 Å². The molecule has 0 aliphatic heterocycles. The maximum atomic E-state index is 8.78. The fourth-order valence-corrected chi connectivity index (χ4v) is 2.39. The summed E-state index contributed by atoms with van der Waals surface area (Å²) in [6.07, 6.45) is 21.7. The molecule has 2 nitrogen and oxygen atoms in total. The van der Waals surface area contributed by atoms with Gasteiger partial charge in [0.05, 0.1) is 6.61 Å². The molecule has 0 heterocycles. The molecule has 0 saturated carbocycles. The quantitative estimate of drug-likeness (QED) is 0.330. The van der Waals surface area contributed by atoms with Gasteiger partial charge in [0, 0.05) is 6.04 Å². The van der Waals surface area contributed by atoms with Crippen molar-refractivity contribution in [3.63, 3.8) is 0 Å². The zero-order valence-corrected chi connectivity index (χ0v) is 13.7. The van der Waals surface area contributed by atoms with Gasteiger partial charge in [0.2, 0.25) is 0 Å². The van der Waals surface area contributed by atoms with Crippen LogP contribution in [0.4, 0.5) is 0 Å². The maximum absolute atomic E-state index is 8.78. The van der Waals surface area contributed by atoms with Crippen LogP contribution in [0, 0.1) is 0 Å². The molecule has 0 bridgehead atoms. The third kappa shape index (κ3) is 15.7. The lowest BCUT2D eigenvalue weighted by molar-refractivity contribution is 0.266. The Bertz CT molecular complexity index is 204. The minimum atomic E-state index is -0.0800. The Balaban J connectivity index is 3.06. The van der Waals surface area contributed by atoms with Crippen molar-refractivity contribution in [3.05, 3.63) is 12.2 Å². The summed E-state index contributed by atoms with van der Waals surface area (Å²) in [6, 6.07) is -0.0800. The first-order chi connectivity index (χ1) is 9.81. The molecule has 0 aromatic rings. The van der Waals surface area contributed by atoms with E-state index in [1.807, 2.05) is 0 Å². The van der Waals surface area contributed by atoms with Gasteiger partial charge < -0.3 is 10.8 Å². The van der Waals surface area contributed by atoms with Gasteiger partial charge in [0.1, 0.15) is 0 Å². The van der Waals surface area contributed by atoms with Crippen LogP contribution < -0.4 is 5.73 Å². The van der Waals surface area contributed by atoms with Crippen molar-refractivity contribution in [1.82, 2.24) is 0 Å². The van der Waals surface area contributed by atoms with Gasteiger partial charge in [0.15, 0.2) is 0 Å². The third-order valence-corrected chi connectivity index (χ3v) is 3.81. The third-order valence-electron chi connectivity index (χ3n) is 3.81. The van der Waals surface area contributed by atoms with Crippen LogP contribution in [0.5, 0.6) is 0 Å². The highest BCUT2D eigenvalue weighted by atomic mass is 16.3. The summed E-state index contributed by atoms with van der Waals surface area (Å²) in [6.45, 7) is 2.36. The molecule has 0 fully saturated rings. The number of rotatable bonds is 15. The minimum absolute atomic E-state index is 0.0800. The molecule has 0 aliphatic carbocycles. The lowest BCUT2D eigenvalue weighted by Crippen LogP contribution is -2.22. The Morgan fingerprint density at radius 1 is 0.800 bits per heavy atom. The van der Waals surface area contributed by atoms with E-state index in [2.05, 4.69) is 19.1 Å². The predicted octanol–water partition coefficient (Wildman–Crippen LogP) is 4.95. The molecule has 0 rings (SSSR count). The van der Waals surface area contributed by atoms with Gasteiger partial charge in [-0.05, 0) is 19.3 Å². The Labute approximate surface area is 126 Å². The van der Waals surface area contributed by atoms with Gasteiger partial charge in [-0.2, -0.15) is 0 Å². The van der Waals surface area contributed by atoms with Crippen molar-refractivity contribution < 1.29 is 5.11 Å². The van der Waals surface area contributed by atoms with Crippen LogP contribution in [0.25, 0.3) is 0 Å². The summed E-state index contributed by atoms with van der Waals surface area (Å²) < 4.78 is 0. The Morgan fingerprint density at radius 2 is 1.30 bits per heavy atom. The topological polar surface area (TPSA) is 46.2 Å². The number of nitrogens with two attached hydrogens (primary N) is 1. The molecule has 120 valence electrons. The Kier molecular flexibility index (Phi) is 16.4. The minimum Gasteiger partial charge on any atom is -0.395 e. The predicted molar refractivity (Wildman–Crippen MR) is 89.9 cm³/mol. The van der Waals surface area contributed by atoms with E-state index in [9.17, 15) is 0 Å². The molecule has 0 aliphatic rings. The normalized spacial score (nSPS) is 13.2. The molecule has 3 N–H and O–H groups in total. The van der Waals surface area contributed by atoms with Crippen LogP contribution in [-0.4, -0.2) is 17.8 Å². The average molecular weight is 284 g/mol.